The number of hydrogen-bond acceptors (Lipinski definition) is 8. The fraction of sp³-hybridized carbons (Fsp3) is 0.375. The van der Waals surface area contributed by atoms with Gasteiger partial charge in [0.25, 0.3) is 0 Å². The lowest BCUT2D eigenvalue weighted by Crippen LogP contribution is -2.72. The Morgan fingerprint density at radius 1 is 1.12 bits per heavy atom. The molecule has 0 saturated carbocycles. The van der Waals surface area contributed by atoms with E-state index in [-0.39, 0.29) is 23.1 Å². The summed E-state index contributed by atoms with van der Waals surface area (Å²) in [5.74, 6) is -0.235. The van der Waals surface area contributed by atoms with Crippen molar-refractivity contribution in [3.8, 4) is 17.3 Å². The summed E-state index contributed by atoms with van der Waals surface area (Å²) >= 11 is 6.50. The Hall–Kier alpha value is -3.86. The van der Waals surface area contributed by atoms with Crippen LogP contribution in [0.25, 0.3) is 32.9 Å². The van der Waals surface area contributed by atoms with Crippen LogP contribution < -0.4 is 9.64 Å². The van der Waals surface area contributed by atoms with Gasteiger partial charge >= 0.3 is 6.01 Å². The molecule has 2 aromatic heterocycles. The Labute approximate surface area is 254 Å². The molecule has 224 valence electrons. The number of anilines is 1. The number of halogens is 2. The molecule has 43 heavy (non-hydrogen) atoms. The van der Waals surface area contributed by atoms with E-state index in [2.05, 4.69) is 33.5 Å². The smallest absolute Gasteiger partial charge is 0.318 e. The number of carbonyl (C=O) groups is 1. The first-order valence-electron chi connectivity index (χ1n) is 14.4. The highest BCUT2D eigenvalue weighted by Crippen LogP contribution is 2.39. The first-order valence-corrected chi connectivity index (χ1v) is 14.8. The fourth-order valence-electron chi connectivity index (χ4n) is 6.11. The maximum atomic E-state index is 16.2. The zero-order chi connectivity index (χ0) is 30.1. The van der Waals surface area contributed by atoms with Crippen molar-refractivity contribution in [2.45, 2.75) is 18.4 Å². The van der Waals surface area contributed by atoms with Gasteiger partial charge in [0.2, 0.25) is 5.91 Å². The normalized spacial score (nSPS) is 18.0. The Kier molecular flexibility index (Phi) is 8.17. The number of hydrogen-bond donors (Lipinski definition) is 0. The van der Waals surface area contributed by atoms with Crippen LogP contribution in [0.3, 0.4) is 0 Å². The lowest BCUT2D eigenvalue weighted by Gasteiger charge is -2.55. The maximum Gasteiger partial charge on any atom is 0.318 e. The third kappa shape index (κ3) is 5.39. The van der Waals surface area contributed by atoms with Crippen LogP contribution in [0, 0.1) is 5.82 Å². The summed E-state index contributed by atoms with van der Waals surface area (Å²) < 4.78 is 27.0. The van der Waals surface area contributed by atoms with Crippen LogP contribution in [0.1, 0.15) is 12.8 Å². The number of benzene rings is 2. The Bertz CT molecular complexity index is 1690. The molecule has 3 aliphatic heterocycles. The number of fused-ring (bicyclic) bond motifs is 2. The molecule has 4 aromatic rings. The van der Waals surface area contributed by atoms with Gasteiger partial charge in [0, 0.05) is 41.8 Å². The Morgan fingerprint density at radius 3 is 2.49 bits per heavy atom. The van der Waals surface area contributed by atoms with E-state index in [1.807, 2.05) is 29.2 Å². The van der Waals surface area contributed by atoms with Crippen LogP contribution in [0.4, 0.5) is 10.2 Å². The van der Waals surface area contributed by atoms with Gasteiger partial charge in [-0.15, -0.1) is 0 Å². The number of likely N-dealkylation sites (tertiary alicyclic amines) is 1. The molecule has 5 heterocycles. The van der Waals surface area contributed by atoms with E-state index in [0.29, 0.717) is 60.0 Å². The van der Waals surface area contributed by atoms with Gasteiger partial charge < -0.3 is 24.2 Å². The predicted octanol–water partition coefficient (Wildman–Crippen LogP) is 4.96. The first-order chi connectivity index (χ1) is 20.8. The van der Waals surface area contributed by atoms with Crippen LogP contribution in [0.2, 0.25) is 5.02 Å². The molecule has 1 spiro atoms. The lowest BCUT2D eigenvalue weighted by atomic mass is 9.91. The highest BCUT2D eigenvalue weighted by molar-refractivity contribution is 6.36. The SMILES string of the molecule is C=CC(=O)N1CCN(c2nc(OC)nc3c(F)c(-c4cccc5cccc(Cl)c45)ncc23)CC12COC2.CN1CCCC1. The van der Waals surface area contributed by atoms with E-state index < -0.39 is 11.4 Å². The lowest BCUT2D eigenvalue weighted by molar-refractivity contribution is -0.164. The van der Waals surface area contributed by atoms with Crippen LogP contribution >= 0.6 is 11.6 Å². The summed E-state index contributed by atoms with van der Waals surface area (Å²) in [7, 11) is 3.62. The minimum atomic E-state index is -0.589. The molecule has 0 aliphatic carbocycles. The average molecular weight is 605 g/mol. The van der Waals surface area contributed by atoms with Crippen molar-refractivity contribution < 1.29 is 18.7 Å². The van der Waals surface area contributed by atoms with E-state index in [1.54, 1.807) is 23.2 Å². The number of pyridine rings is 1. The second kappa shape index (κ2) is 12.0. The van der Waals surface area contributed by atoms with Gasteiger partial charge in [0.05, 0.1) is 25.7 Å². The van der Waals surface area contributed by atoms with Gasteiger partial charge in [-0.2, -0.15) is 9.97 Å². The summed E-state index contributed by atoms with van der Waals surface area (Å²) in [6.45, 7) is 8.47. The van der Waals surface area contributed by atoms with Crippen molar-refractivity contribution in [2.75, 3.05) is 65.0 Å². The number of ether oxygens (including phenoxy) is 2. The monoisotopic (exact) mass is 604 g/mol. The van der Waals surface area contributed by atoms with Crippen molar-refractivity contribution in [3.63, 3.8) is 0 Å². The second-order valence-corrected chi connectivity index (χ2v) is 11.6. The third-order valence-electron chi connectivity index (χ3n) is 8.40. The van der Waals surface area contributed by atoms with Crippen molar-refractivity contribution in [2.24, 2.45) is 0 Å². The van der Waals surface area contributed by atoms with Gasteiger partial charge in [0.15, 0.2) is 5.82 Å². The summed E-state index contributed by atoms with van der Waals surface area (Å²) in [4.78, 5) is 32.1. The average Bonchev–Trinajstić information content (AvgIpc) is 3.50. The summed E-state index contributed by atoms with van der Waals surface area (Å²) in [5.41, 5.74) is 0.311. The molecular formula is C32H34ClFN6O3. The van der Waals surface area contributed by atoms with Crippen molar-refractivity contribution in [1.29, 1.82) is 0 Å². The quantitative estimate of drug-likeness (QED) is 0.302. The van der Waals surface area contributed by atoms with Crippen molar-refractivity contribution >= 4 is 45.0 Å². The van der Waals surface area contributed by atoms with Gasteiger partial charge in [-0.3, -0.25) is 9.78 Å². The highest BCUT2D eigenvalue weighted by atomic mass is 35.5. The zero-order valence-electron chi connectivity index (χ0n) is 24.4. The largest absolute Gasteiger partial charge is 0.467 e. The van der Waals surface area contributed by atoms with Gasteiger partial charge in [-0.1, -0.05) is 48.5 Å². The Morgan fingerprint density at radius 2 is 1.86 bits per heavy atom. The highest BCUT2D eigenvalue weighted by Gasteiger charge is 2.50. The molecule has 3 fully saturated rings. The van der Waals surface area contributed by atoms with Crippen LogP contribution in [-0.2, 0) is 9.53 Å². The molecule has 0 bridgehead atoms. The van der Waals surface area contributed by atoms with E-state index in [4.69, 9.17) is 21.1 Å². The third-order valence-corrected chi connectivity index (χ3v) is 8.71. The molecule has 2 aromatic carbocycles. The van der Waals surface area contributed by atoms with E-state index >= 15 is 4.39 Å². The van der Waals surface area contributed by atoms with Gasteiger partial charge in [0.1, 0.15) is 22.6 Å². The van der Waals surface area contributed by atoms with Crippen LogP contribution in [0.15, 0.2) is 55.3 Å². The number of methoxy groups -OCH3 is 1. The summed E-state index contributed by atoms with van der Waals surface area (Å²) in [6.07, 6.45) is 5.73. The van der Waals surface area contributed by atoms with Gasteiger partial charge in [-0.05, 0) is 50.5 Å². The number of carbonyl (C=O) groups excluding carboxylic acids is 1. The minimum Gasteiger partial charge on any atom is -0.467 e. The summed E-state index contributed by atoms with van der Waals surface area (Å²) in [5, 5.41) is 2.56. The van der Waals surface area contributed by atoms with Crippen LogP contribution in [-0.4, -0.2) is 96.3 Å². The molecule has 3 saturated heterocycles. The molecule has 0 atom stereocenters. The van der Waals surface area contributed by atoms with E-state index in [9.17, 15) is 4.79 Å². The number of rotatable bonds is 4. The predicted molar refractivity (Wildman–Crippen MR) is 166 cm³/mol. The van der Waals surface area contributed by atoms with E-state index in [1.165, 1.54) is 39.1 Å². The van der Waals surface area contributed by atoms with Crippen molar-refractivity contribution in [1.82, 2.24) is 24.8 Å². The number of aromatic nitrogens is 3. The van der Waals surface area contributed by atoms with E-state index in [0.717, 1.165) is 5.39 Å². The standard InChI is InChI=1S/C27H23ClFN5O3.C5H11N/c1-3-20(35)34-11-10-33(13-27(34)14-37-15-27)25-18-12-30-23(22(29)24(18)31-26(32-25)36-2)17-8-4-6-16-7-5-9-19(28)21(16)17;1-6-4-2-3-5-6/h3-9,12H,1,10-11,13-15H2,2H3;2-5H2,1H3. The molecule has 0 unspecified atom stereocenters. The molecule has 11 heteroatoms. The molecule has 0 radical (unpaired) electrons. The zero-order valence-corrected chi connectivity index (χ0v) is 25.1. The number of amides is 1. The maximum absolute atomic E-state index is 16.2. The number of piperazine rings is 1. The first kappa shape index (κ1) is 29.2. The molecule has 1 amide bonds. The van der Waals surface area contributed by atoms with Crippen LogP contribution in [0.5, 0.6) is 6.01 Å². The summed E-state index contributed by atoms with van der Waals surface area (Å²) in [6, 6.07) is 11.1. The molecule has 0 N–H and O–H groups in total. The molecular weight excluding hydrogens is 571 g/mol. The number of nitrogens with zero attached hydrogens (tertiary/aromatic N) is 6. The molecule has 7 rings (SSSR count). The van der Waals surface area contributed by atoms with Gasteiger partial charge in [-0.25, -0.2) is 4.39 Å². The minimum absolute atomic E-state index is 0.0398. The van der Waals surface area contributed by atoms with Crippen molar-refractivity contribution in [3.05, 3.63) is 66.1 Å². The molecule has 3 aliphatic rings. The molecule has 9 nitrogen and oxygen atoms in total. The Balaban J connectivity index is 0.000000491. The fourth-order valence-corrected chi connectivity index (χ4v) is 6.39. The second-order valence-electron chi connectivity index (χ2n) is 11.2. The topological polar surface area (TPSA) is 83.9 Å².